The third-order valence-electron chi connectivity index (χ3n) is 4.58. The second kappa shape index (κ2) is 7.68. The molecule has 0 aliphatic heterocycles. The van der Waals surface area contributed by atoms with Crippen LogP contribution in [0.2, 0.25) is 0 Å². The minimum Gasteiger partial charge on any atom is -0.267 e. The van der Waals surface area contributed by atoms with E-state index in [4.69, 9.17) is 0 Å². The monoisotopic (exact) mass is 385 g/mol. The molecule has 0 radical (unpaired) electrons. The van der Waals surface area contributed by atoms with E-state index < -0.39 is 0 Å². The Morgan fingerprint density at radius 3 is 2.25 bits per heavy atom. The Morgan fingerprint density at radius 2 is 1.61 bits per heavy atom. The van der Waals surface area contributed by atoms with E-state index in [2.05, 4.69) is 0 Å². The molecule has 0 saturated heterocycles. The predicted molar refractivity (Wildman–Crippen MR) is 113 cm³/mol. The molecule has 0 amide bonds. The Kier molecular flexibility index (Phi) is 5.31. The Hall–Kier alpha value is -3.41. The maximum atomic E-state index is 13.3. The molecule has 5 heteroatoms. The van der Waals surface area contributed by atoms with Crippen LogP contribution >= 0.6 is 11.3 Å². The third-order valence-corrected chi connectivity index (χ3v) is 5.67. The van der Waals surface area contributed by atoms with Crippen molar-refractivity contribution < 1.29 is 0 Å². The van der Waals surface area contributed by atoms with Crippen LogP contribution in [-0.4, -0.2) is 4.57 Å². The molecule has 0 fully saturated rings. The summed E-state index contributed by atoms with van der Waals surface area (Å²) in [7, 11) is 0. The average molecular weight is 385 g/mol. The fourth-order valence-corrected chi connectivity index (χ4v) is 4.14. The summed E-state index contributed by atoms with van der Waals surface area (Å²) in [4.78, 5) is 13.3. The minimum absolute atomic E-state index is 0.0670. The molecule has 0 saturated carbocycles. The van der Waals surface area contributed by atoms with Gasteiger partial charge in [-0.2, -0.15) is 10.5 Å². The van der Waals surface area contributed by atoms with E-state index in [1.807, 2.05) is 82.3 Å². The lowest BCUT2D eigenvalue weighted by atomic mass is 10.1. The van der Waals surface area contributed by atoms with Gasteiger partial charge in [0.05, 0.1) is 10.2 Å². The second-order valence-corrected chi connectivity index (χ2v) is 7.84. The number of rotatable bonds is 2. The zero-order chi connectivity index (χ0) is 20.4. The quantitative estimate of drug-likeness (QED) is 0.680. The van der Waals surface area contributed by atoms with Gasteiger partial charge in [0.2, 0.25) is 0 Å². The fraction of sp³-hybridized carbons (Fsp3) is 0.174. The molecule has 138 valence electrons. The van der Waals surface area contributed by atoms with E-state index in [0.717, 1.165) is 27.8 Å². The molecule has 1 heterocycles. The molecule has 2 aromatic carbocycles. The van der Waals surface area contributed by atoms with Crippen molar-refractivity contribution in [3.05, 3.63) is 83.8 Å². The van der Waals surface area contributed by atoms with Gasteiger partial charge in [-0.3, -0.25) is 9.36 Å². The van der Waals surface area contributed by atoms with Gasteiger partial charge in [0, 0.05) is 0 Å². The van der Waals surface area contributed by atoms with Crippen molar-refractivity contribution >= 4 is 23.0 Å². The van der Waals surface area contributed by atoms with Crippen LogP contribution in [0.4, 0.5) is 0 Å². The van der Waals surface area contributed by atoms with Crippen LogP contribution in [0.25, 0.3) is 17.3 Å². The molecule has 28 heavy (non-hydrogen) atoms. The van der Waals surface area contributed by atoms with Gasteiger partial charge >= 0.3 is 0 Å². The fourth-order valence-electron chi connectivity index (χ4n) is 3.10. The molecule has 0 atom stereocenters. The molecule has 4 nitrogen and oxygen atoms in total. The Labute approximate surface area is 167 Å². The molecule has 0 aliphatic carbocycles. The molecular weight excluding hydrogens is 366 g/mol. The summed E-state index contributed by atoms with van der Waals surface area (Å²) >= 11 is 1.17. The van der Waals surface area contributed by atoms with Gasteiger partial charge in [-0.05, 0) is 56.5 Å². The first kappa shape index (κ1) is 19.4. The SMILES string of the molecule is Cc1ccc(-n2c(=C(C#N)C#N)s/c(=C/c3cc(C)ccc3C)c2=O)c(C)c1. The molecule has 0 aliphatic rings. The van der Waals surface area contributed by atoms with E-state index in [0.29, 0.717) is 14.9 Å². The van der Waals surface area contributed by atoms with Gasteiger partial charge in [0.1, 0.15) is 16.8 Å². The first-order valence-electron chi connectivity index (χ1n) is 8.78. The molecule has 3 rings (SSSR count). The van der Waals surface area contributed by atoms with Crippen LogP contribution < -0.4 is 14.8 Å². The van der Waals surface area contributed by atoms with Gasteiger partial charge < -0.3 is 0 Å². The van der Waals surface area contributed by atoms with E-state index in [1.165, 1.54) is 15.9 Å². The highest BCUT2D eigenvalue weighted by Crippen LogP contribution is 2.14. The highest BCUT2D eigenvalue weighted by atomic mass is 32.1. The smallest absolute Gasteiger partial charge is 0.267 e. The minimum atomic E-state index is -0.226. The zero-order valence-corrected chi connectivity index (χ0v) is 17.0. The lowest BCUT2D eigenvalue weighted by Crippen LogP contribution is -2.31. The zero-order valence-electron chi connectivity index (χ0n) is 16.2. The standard InChI is InChI=1S/C23H19N3OS/c1-14-6-8-20(17(4)9-14)26-22(27)21(28-23(26)19(12-24)13-25)11-18-10-15(2)5-7-16(18)3/h5-11H,1-4H3/b21-11+. The molecule has 3 aromatic rings. The lowest BCUT2D eigenvalue weighted by molar-refractivity contribution is 0.973. The summed E-state index contributed by atoms with van der Waals surface area (Å²) in [6.45, 7) is 7.89. The summed E-state index contributed by atoms with van der Waals surface area (Å²) in [5.74, 6) is 0. The van der Waals surface area contributed by atoms with Gasteiger partial charge in [0.25, 0.3) is 5.56 Å². The van der Waals surface area contributed by atoms with Crippen LogP contribution in [0.15, 0.2) is 41.2 Å². The first-order chi connectivity index (χ1) is 13.3. The maximum Gasteiger partial charge on any atom is 0.273 e. The predicted octanol–water partition coefficient (Wildman–Crippen LogP) is 3.16. The molecule has 0 unspecified atom stereocenters. The molecule has 0 N–H and O–H groups in total. The van der Waals surface area contributed by atoms with Gasteiger partial charge in [-0.1, -0.05) is 41.5 Å². The number of hydrogen-bond acceptors (Lipinski definition) is 4. The van der Waals surface area contributed by atoms with E-state index in [-0.39, 0.29) is 11.1 Å². The van der Waals surface area contributed by atoms with Crippen molar-refractivity contribution in [1.82, 2.24) is 4.57 Å². The van der Waals surface area contributed by atoms with Crippen molar-refractivity contribution in [2.75, 3.05) is 0 Å². The molecule has 0 bridgehead atoms. The summed E-state index contributed by atoms with van der Waals surface area (Å²) in [6.07, 6.45) is 1.84. The van der Waals surface area contributed by atoms with Gasteiger partial charge in [-0.15, -0.1) is 11.3 Å². The van der Waals surface area contributed by atoms with Gasteiger partial charge in [-0.25, -0.2) is 0 Å². The van der Waals surface area contributed by atoms with Crippen molar-refractivity contribution in [2.45, 2.75) is 27.7 Å². The number of aromatic nitrogens is 1. The van der Waals surface area contributed by atoms with Crippen molar-refractivity contribution in [2.24, 2.45) is 0 Å². The Bertz CT molecular complexity index is 1330. The number of nitrogens with zero attached hydrogens (tertiary/aromatic N) is 3. The second-order valence-electron chi connectivity index (χ2n) is 6.80. The summed E-state index contributed by atoms with van der Waals surface area (Å²) < 4.78 is 2.34. The number of aryl methyl sites for hydroxylation is 4. The normalized spacial score (nSPS) is 11.1. The number of benzene rings is 2. The lowest BCUT2D eigenvalue weighted by Gasteiger charge is -2.07. The van der Waals surface area contributed by atoms with Crippen molar-refractivity contribution in [3.8, 4) is 17.8 Å². The van der Waals surface area contributed by atoms with Crippen LogP contribution in [0.3, 0.4) is 0 Å². The largest absolute Gasteiger partial charge is 0.273 e. The maximum absolute atomic E-state index is 13.3. The number of hydrogen-bond donors (Lipinski definition) is 0. The Morgan fingerprint density at radius 1 is 0.964 bits per heavy atom. The van der Waals surface area contributed by atoms with E-state index in [9.17, 15) is 15.3 Å². The average Bonchev–Trinajstić information content (AvgIpc) is 2.96. The summed E-state index contributed by atoms with van der Waals surface area (Å²) in [5.41, 5.74) is 5.50. The van der Waals surface area contributed by atoms with Crippen molar-refractivity contribution in [1.29, 1.82) is 10.5 Å². The molecule has 0 spiro atoms. The van der Waals surface area contributed by atoms with Crippen LogP contribution in [0.5, 0.6) is 0 Å². The molecule has 1 aromatic heterocycles. The number of nitriles is 2. The summed E-state index contributed by atoms with van der Waals surface area (Å²) in [5, 5.41) is 18.8. The highest BCUT2D eigenvalue weighted by Gasteiger charge is 2.13. The van der Waals surface area contributed by atoms with Crippen LogP contribution in [0, 0.1) is 50.4 Å². The first-order valence-corrected chi connectivity index (χ1v) is 9.60. The van der Waals surface area contributed by atoms with E-state index >= 15 is 0 Å². The number of thiazole rings is 1. The van der Waals surface area contributed by atoms with Crippen LogP contribution in [-0.2, 0) is 0 Å². The molecular formula is C23H19N3OS. The topological polar surface area (TPSA) is 69.6 Å². The highest BCUT2D eigenvalue weighted by molar-refractivity contribution is 7.07. The van der Waals surface area contributed by atoms with Crippen LogP contribution in [0.1, 0.15) is 27.8 Å². The van der Waals surface area contributed by atoms with E-state index in [1.54, 1.807) is 0 Å². The van der Waals surface area contributed by atoms with Gasteiger partial charge in [0.15, 0.2) is 5.57 Å². The summed E-state index contributed by atoms with van der Waals surface area (Å²) in [6, 6.07) is 15.7. The van der Waals surface area contributed by atoms with Crippen molar-refractivity contribution in [3.63, 3.8) is 0 Å². The Balaban J connectivity index is 2.45. The third kappa shape index (κ3) is 3.53.